The first-order valence-corrected chi connectivity index (χ1v) is 14.6. The van der Waals surface area contributed by atoms with E-state index in [9.17, 15) is 0 Å². The molecule has 0 atom stereocenters. The maximum atomic E-state index is 8.06. The normalized spacial score (nSPS) is 7.88. The molecule has 0 aliphatic rings. The summed E-state index contributed by atoms with van der Waals surface area (Å²) in [7, 11) is 15.0. The quantitative estimate of drug-likeness (QED) is 0.721. The van der Waals surface area contributed by atoms with Gasteiger partial charge in [0, 0.05) is 6.10 Å². The average Bonchev–Trinajstić information content (AvgIpc) is 1.25. The fourth-order valence-electron chi connectivity index (χ4n) is 0. The zero-order valence-electron chi connectivity index (χ0n) is 4.74. The molecule has 0 aliphatic carbocycles. The van der Waals surface area contributed by atoms with Gasteiger partial charge in [-0.3, -0.25) is 0 Å². The van der Waals surface area contributed by atoms with Crippen molar-refractivity contribution in [1.82, 2.24) is 0 Å². The molecule has 0 aromatic carbocycles. The molecule has 5 heteroatoms. The van der Waals surface area contributed by atoms with Crippen molar-refractivity contribution >= 4 is 43.6 Å². The van der Waals surface area contributed by atoms with Crippen molar-refractivity contribution in [2.75, 3.05) is 0 Å². The Morgan fingerprint density at radius 2 is 1.25 bits per heavy atom. The molecule has 0 saturated carbocycles. The number of rotatable bonds is 0. The Labute approximate surface area is 68.2 Å². The van der Waals surface area contributed by atoms with Gasteiger partial charge in [0.2, 0.25) is 0 Å². The minimum atomic E-state index is -2.22. The zero-order chi connectivity index (χ0) is 7.15. The van der Waals surface area contributed by atoms with E-state index in [2.05, 4.69) is 0 Å². The summed E-state index contributed by atoms with van der Waals surface area (Å²) in [6.07, 6.45) is -0.167. The number of aliphatic hydroxyl groups excluding tert-OH is 1. The second-order valence-electron chi connectivity index (χ2n) is 1.34. The summed E-state index contributed by atoms with van der Waals surface area (Å²) in [4.78, 5) is 0. The van der Waals surface area contributed by atoms with Crippen molar-refractivity contribution in [1.29, 1.82) is 0 Å². The van der Waals surface area contributed by atoms with Gasteiger partial charge in [0.15, 0.2) is 0 Å². The Balaban J connectivity index is 0. The summed E-state index contributed by atoms with van der Waals surface area (Å²) < 4.78 is 0. The molecular formula is C3H8Cl3InO. The molecule has 0 rings (SSSR count). The molecule has 0 aromatic rings. The summed E-state index contributed by atoms with van der Waals surface area (Å²) in [5.74, 6) is 0. The molecule has 0 bridgehead atoms. The summed E-state index contributed by atoms with van der Waals surface area (Å²) in [5, 5.41) is 8.06. The third-order valence-corrected chi connectivity index (χ3v) is 0. The van der Waals surface area contributed by atoms with Crippen molar-refractivity contribution in [3.63, 3.8) is 0 Å². The van der Waals surface area contributed by atoms with Crippen LogP contribution in [-0.4, -0.2) is 29.1 Å². The molecule has 0 heterocycles. The van der Waals surface area contributed by atoms with Crippen molar-refractivity contribution in [3.8, 4) is 0 Å². The Morgan fingerprint density at radius 3 is 1.25 bits per heavy atom. The number of aliphatic hydroxyl groups is 1. The van der Waals surface area contributed by atoms with Crippen LogP contribution in [0.4, 0.5) is 0 Å². The van der Waals surface area contributed by atoms with Gasteiger partial charge in [-0.05, 0) is 13.8 Å². The van der Waals surface area contributed by atoms with Gasteiger partial charge in [0.1, 0.15) is 0 Å². The molecule has 8 heavy (non-hydrogen) atoms. The van der Waals surface area contributed by atoms with E-state index in [0.29, 0.717) is 0 Å². The van der Waals surface area contributed by atoms with Gasteiger partial charge >= 0.3 is 43.6 Å². The Bertz CT molecular complexity index is 30.0. The molecule has 50 valence electrons. The van der Waals surface area contributed by atoms with Crippen molar-refractivity contribution in [3.05, 3.63) is 0 Å². The first kappa shape index (κ1) is 12.4. The molecular weight excluding hydrogens is 273 g/mol. The van der Waals surface area contributed by atoms with Crippen LogP contribution >= 0.6 is 25.7 Å². The summed E-state index contributed by atoms with van der Waals surface area (Å²) in [6, 6.07) is 0. The Hall–Kier alpha value is 1.70. The number of hydrogen-bond donors (Lipinski definition) is 1. The van der Waals surface area contributed by atoms with E-state index < -0.39 is 17.9 Å². The van der Waals surface area contributed by atoms with Gasteiger partial charge < -0.3 is 5.11 Å². The van der Waals surface area contributed by atoms with Crippen LogP contribution in [0.3, 0.4) is 0 Å². The second-order valence-corrected chi connectivity index (χ2v) is 16.0. The van der Waals surface area contributed by atoms with Gasteiger partial charge in [-0.25, -0.2) is 0 Å². The van der Waals surface area contributed by atoms with Gasteiger partial charge in [0.25, 0.3) is 0 Å². The molecule has 0 unspecified atom stereocenters. The van der Waals surface area contributed by atoms with Crippen LogP contribution in [-0.2, 0) is 0 Å². The van der Waals surface area contributed by atoms with Crippen molar-refractivity contribution < 1.29 is 5.11 Å². The predicted molar refractivity (Wildman–Crippen MR) is 40.7 cm³/mol. The van der Waals surface area contributed by atoms with Gasteiger partial charge in [-0.15, -0.1) is 0 Å². The van der Waals surface area contributed by atoms with Crippen LogP contribution < -0.4 is 0 Å². The van der Waals surface area contributed by atoms with Gasteiger partial charge in [0.05, 0.1) is 0 Å². The van der Waals surface area contributed by atoms with Crippen LogP contribution in [0.5, 0.6) is 0 Å². The third kappa shape index (κ3) is 120. The molecule has 1 N–H and O–H groups in total. The summed E-state index contributed by atoms with van der Waals surface area (Å²) in [6.45, 7) is 3.44. The van der Waals surface area contributed by atoms with Crippen LogP contribution in [0.25, 0.3) is 0 Å². The SMILES string of the molecule is CC(C)O.[Cl][In]([Cl])[Cl]. The van der Waals surface area contributed by atoms with Crippen LogP contribution in [0, 0.1) is 0 Å². The van der Waals surface area contributed by atoms with E-state index in [1.165, 1.54) is 0 Å². The topological polar surface area (TPSA) is 20.2 Å². The van der Waals surface area contributed by atoms with E-state index in [4.69, 9.17) is 30.8 Å². The fraction of sp³-hybridized carbons (Fsp3) is 1.00. The standard InChI is InChI=1S/C3H8O.3ClH.In/c1-3(2)4;;;;/h3-4H,1-2H3;3*1H;/q;;;;+3/p-3. The van der Waals surface area contributed by atoms with Gasteiger partial charge in [-0.2, -0.15) is 0 Å². The molecule has 0 spiro atoms. The Morgan fingerprint density at radius 1 is 1.25 bits per heavy atom. The summed E-state index contributed by atoms with van der Waals surface area (Å²) >= 11 is -2.22. The zero-order valence-corrected chi connectivity index (χ0v) is 10.3. The van der Waals surface area contributed by atoms with Crippen LogP contribution in [0.15, 0.2) is 0 Å². The van der Waals surface area contributed by atoms with E-state index in [-0.39, 0.29) is 6.10 Å². The predicted octanol–water partition coefficient (Wildman–Crippen LogP) is 2.07. The summed E-state index contributed by atoms with van der Waals surface area (Å²) in [5.41, 5.74) is 0. The van der Waals surface area contributed by atoms with E-state index in [1.54, 1.807) is 13.8 Å². The minimum absolute atomic E-state index is 0.167. The van der Waals surface area contributed by atoms with Crippen molar-refractivity contribution in [2.24, 2.45) is 0 Å². The van der Waals surface area contributed by atoms with E-state index in [0.717, 1.165) is 0 Å². The molecule has 0 saturated heterocycles. The third-order valence-electron chi connectivity index (χ3n) is 0. The van der Waals surface area contributed by atoms with Crippen LogP contribution in [0.1, 0.15) is 13.8 Å². The number of halogens is 3. The molecule has 0 aromatic heterocycles. The molecule has 0 fully saturated rings. The molecule has 0 radical (unpaired) electrons. The first-order chi connectivity index (χ1) is 3.46. The van der Waals surface area contributed by atoms with E-state index in [1.807, 2.05) is 0 Å². The van der Waals surface area contributed by atoms with Crippen LogP contribution in [0.2, 0.25) is 0 Å². The maximum absolute atomic E-state index is 8.06. The Kier molecular flexibility index (Phi) is 13.5. The molecule has 1 nitrogen and oxygen atoms in total. The number of hydrogen-bond acceptors (Lipinski definition) is 1. The molecule has 0 amide bonds. The molecule has 0 aliphatic heterocycles. The van der Waals surface area contributed by atoms with E-state index >= 15 is 0 Å². The fourth-order valence-corrected chi connectivity index (χ4v) is 0. The second kappa shape index (κ2) is 8.70. The average molecular weight is 281 g/mol. The first-order valence-electron chi connectivity index (χ1n) is 2.07. The monoisotopic (exact) mass is 280 g/mol. The van der Waals surface area contributed by atoms with Crippen molar-refractivity contribution in [2.45, 2.75) is 20.0 Å². The van der Waals surface area contributed by atoms with Gasteiger partial charge in [-0.1, -0.05) is 0 Å².